The van der Waals surface area contributed by atoms with E-state index in [1.54, 1.807) is 11.3 Å². The number of nitrogens with one attached hydrogen (secondary N) is 1. The van der Waals surface area contributed by atoms with Crippen LogP contribution in [0.5, 0.6) is 0 Å². The summed E-state index contributed by atoms with van der Waals surface area (Å²) in [7, 11) is 0. The normalized spacial score (nSPS) is 15.2. The van der Waals surface area contributed by atoms with E-state index in [-0.39, 0.29) is 12.1 Å². The van der Waals surface area contributed by atoms with E-state index in [4.69, 9.17) is 0 Å². The van der Waals surface area contributed by atoms with Crippen molar-refractivity contribution >= 4 is 11.3 Å². The zero-order chi connectivity index (χ0) is 11.3. The van der Waals surface area contributed by atoms with E-state index in [2.05, 4.69) is 24.1 Å². The van der Waals surface area contributed by atoms with Gasteiger partial charge >= 0.3 is 0 Å². The molecule has 1 rings (SSSR count). The van der Waals surface area contributed by atoms with Crippen LogP contribution >= 0.6 is 11.3 Å². The summed E-state index contributed by atoms with van der Waals surface area (Å²) in [5.74, 6) is 0. The molecule has 2 atom stereocenters. The SMILES string of the molecule is CCc1cnc(C(C)NCC(O)CC)s1. The third-order valence-corrected chi connectivity index (χ3v) is 3.75. The maximum atomic E-state index is 9.43. The van der Waals surface area contributed by atoms with E-state index < -0.39 is 0 Å². The van der Waals surface area contributed by atoms with Crippen LogP contribution < -0.4 is 5.32 Å². The molecular formula is C11H20N2OS. The third kappa shape index (κ3) is 3.89. The first-order chi connectivity index (χ1) is 7.17. The highest BCUT2D eigenvalue weighted by Crippen LogP contribution is 2.19. The number of hydrogen-bond donors (Lipinski definition) is 2. The molecule has 0 amide bonds. The highest BCUT2D eigenvalue weighted by Gasteiger charge is 2.10. The van der Waals surface area contributed by atoms with Crippen molar-refractivity contribution in [1.29, 1.82) is 0 Å². The number of aromatic nitrogens is 1. The van der Waals surface area contributed by atoms with Crippen LogP contribution in [0.15, 0.2) is 6.20 Å². The topological polar surface area (TPSA) is 45.2 Å². The van der Waals surface area contributed by atoms with Gasteiger partial charge in [0.25, 0.3) is 0 Å². The molecule has 0 aliphatic heterocycles. The predicted octanol–water partition coefficient (Wildman–Crippen LogP) is 2.13. The molecule has 0 aliphatic carbocycles. The van der Waals surface area contributed by atoms with Crippen LogP contribution in [-0.4, -0.2) is 22.7 Å². The number of hydrogen-bond acceptors (Lipinski definition) is 4. The van der Waals surface area contributed by atoms with Crippen molar-refractivity contribution in [2.24, 2.45) is 0 Å². The first-order valence-corrected chi connectivity index (χ1v) is 6.35. The largest absolute Gasteiger partial charge is 0.392 e. The second kappa shape index (κ2) is 6.20. The van der Waals surface area contributed by atoms with Crippen molar-refractivity contribution in [3.05, 3.63) is 16.1 Å². The van der Waals surface area contributed by atoms with Crippen molar-refractivity contribution in [2.45, 2.75) is 45.8 Å². The smallest absolute Gasteiger partial charge is 0.109 e. The lowest BCUT2D eigenvalue weighted by atomic mass is 10.2. The summed E-state index contributed by atoms with van der Waals surface area (Å²) in [6, 6.07) is 0.233. The summed E-state index contributed by atoms with van der Waals surface area (Å²) < 4.78 is 0. The summed E-state index contributed by atoms with van der Waals surface area (Å²) in [5.41, 5.74) is 0. The van der Waals surface area contributed by atoms with Gasteiger partial charge in [-0.3, -0.25) is 0 Å². The first kappa shape index (κ1) is 12.6. The standard InChI is InChI=1S/C11H20N2OS/c1-4-9(14)6-12-8(3)11-13-7-10(5-2)15-11/h7-9,12,14H,4-6H2,1-3H3. The molecule has 0 aromatic carbocycles. The number of thiazole rings is 1. The molecular weight excluding hydrogens is 208 g/mol. The van der Waals surface area contributed by atoms with Crippen LogP contribution in [-0.2, 0) is 6.42 Å². The molecule has 2 N–H and O–H groups in total. The molecule has 3 nitrogen and oxygen atoms in total. The van der Waals surface area contributed by atoms with Crippen LogP contribution in [0.1, 0.15) is 43.1 Å². The number of aliphatic hydroxyl groups excluding tert-OH is 1. The molecule has 0 saturated heterocycles. The molecule has 0 fully saturated rings. The Kier molecular flexibility index (Phi) is 5.22. The second-order valence-electron chi connectivity index (χ2n) is 3.71. The fraction of sp³-hybridized carbons (Fsp3) is 0.727. The minimum Gasteiger partial charge on any atom is -0.392 e. The van der Waals surface area contributed by atoms with Gasteiger partial charge in [0, 0.05) is 17.6 Å². The summed E-state index contributed by atoms with van der Waals surface area (Å²) in [5, 5.41) is 13.8. The number of nitrogens with zero attached hydrogens (tertiary/aromatic N) is 1. The van der Waals surface area contributed by atoms with Crippen LogP contribution in [0, 0.1) is 0 Å². The minimum absolute atomic E-state index is 0.233. The van der Waals surface area contributed by atoms with Gasteiger partial charge in [-0.05, 0) is 19.8 Å². The molecule has 1 heterocycles. The van der Waals surface area contributed by atoms with E-state index >= 15 is 0 Å². The average molecular weight is 228 g/mol. The zero-order valence-corrected chi connectivity index (χ0v) is 10.5. The summed E-state index contributed by atoms with van der Waals surface area (Å²) >= 11 is 1.74. The number of aryl methyl sites for hydroxylation is 1. The van der Waals surface area contributed by atoms with E-state index in [9.17, 15) is 5.11 Å². The number of rotatable bonds is 6. The molecule has 2 unspecified atom stereocenters. The van der Waals surface area contributed by atoms with Crippen LogP contribution in [0.4, 0.5) is 0 Å². The van der Waals surface area contributed by atoms with Crippen molar-refractivity contribution in [3.8, 4) is 0 Å². The molecule has 1 aromatic rings. The minimum atomic E-state index is -0.252. The summed E-state index contributed by atoms with van der Waals surface area (Å²) in [6.07, 6.45) is 3.52. The molecule has 0 aliphatic rings. The Balaban J connectivity index is 2.42. The second-order valence-corrected chi connectivity index (χ2v) is 4.86. The van der Waals surface area contributed by atoms with Crippen molar-refractivity contribution < 1.29 is 5.11 Å². The van der Waals surface area contributed by atoms with Crippen LogP contribution in [0.3, 0.4) is 0 Å². The average Bonchev–Trinajstić information content (AvgIpc) is 2.73. The van der Waals surface area contributed by atoms with Gasteiger partial charge in [0.15, 0.2) is 0 Å². The maximum Gasteiger partial charge on any atom is 0.109 e. The van der Waals surface area contributed by atoms with Gasteiger partial charge in [0.05, 0.1) is 12.1 Å². The van der Waals surface area contributed by atoms with Gasteiger partial charge in [-0.2, -0.15) is 0 Å². The Labute approximate surface area is 95.6 Å². The van der Waals surface area contributed by atoms with E-state index in [0.717, 1.165) is 17.8 Å². The fourth-order valence-electron chi connectivity index (χ4n) is 1.23. The Hall–Kier alpha value is -0.450. The lowest BCUT2D eigenvalue weighted by molar-refractivity contribution is 0.163. The molecule has 15 heavy (non-hydrogen) atoms. The van der Waals surface area contributed by atoms with Crippen LogP contribution in [0.25, 0.3) is 0 Å². The monoisotopic (exact) mass is 228 g/mol. The van der Waals surface area contributed by atoms with Gasteiger partial charge in [-0.25, -0.2) is 4.98 Å². The van der Waals surface area contributed by atoms with E-state index in [1.807, 2.05) is 13.1 Å². The molecule has 0 spiro atoms. The molecule has 0 saturated carbocycles. The van der Waals surface area contributed by atoms with Crippen molar-refractivity contribution in [1.82, 2.24) is 10.3 Å². The Morgan fingerprint density at radius 2 is 2.27 bits per heavy atom. The lowest BCUT2D eigenvalue weighted by Crippen LogP contribution is -2.28. The number of aliphatic hydroxyl groups is 1. The quantitative estimate of drug-likeness (QED) is 0.784. The zero-order valence-electron chi connectivity index (χ0n) is 9.66. The summed E-state index contributed by atoms with van der Waals surface area (Å²) in [4.78, 5) is 5.68. The fourth-order valence-corrected chi connectivity index (χ4v) is 2.11. The van der Waals surface area contributed by atoms with Crippen molar-refractivity contribution in [3.63, 3.8) is 0 Å². The molecule has 1 aromatic heterocycles. The van der Waals surface area contributed by atoms with E-state index in [0.29, 0.717) is 6.54 Å². The van der Waals surface area contributed by atoms with Gasteiger partial charge in [0.1, 0.15) is 5.01 Å². The summed E-state index contributed by atoms with van der Waals surface area (Å²) in [6.45, 7) is 6.84. The Morgan fingerprint density at radius 1 is 1.53 bits per heavy atom. The maximum absolute atomic E-state index is 9.43. The van der Waals surface area contributed by atoms with Crippen LogP contribution in [0.2, 0.25) is 0 Å². The molecule has 0 bridgehead atoms. The Morgan fingerprint density at radius 3 is 2.80 bits per heavy atom. The molecule has 4 heteroatoms. The first-order valence-electron chi connectivity index (χ1n) is 5.53. The highest BCUT2D eigenvalue weighted by atomic mass is 32.1. The van der Waals surface area contributed by atoms with Gasteiger partial charge in [-0.1, -0.05) is 13.8 Å². The van der Waals surface area contributed by atoms with Gasteiger partial charge < -0.3 is 10.4 Å². The van der Waals surface area contributed by atoms with Crippen molar-refractivity contribution in [2.75, 3.05) is 6.54 Å². The lowest BCUT2D eigenvalue weighted by Gasteiger charge is -2.13. The molecule has 0 radical (unpaired) electrons. The van der Waals surface area contributed by atoms with Gasteiger partial charge in [0.2, 0.25) is 0 Å². The molecule has 86 valence electrons. The highest BCUT2D eigenvalue weighted by molar-refractivity contribution is 7.11. The third-order valence-electron chi connectivity index (χ3n) is 2.42. The van der Waals surface area contributed by atoms with Gasteiger partial charge in [-0.15, -0.1) is 11.3 Å². The van der Waals surface area contributed by atoms with E-state index in [1.165, 1.54) is 4.88 Å². The predicted molar refractivity (Wildman–Crippen MR) is 64.2 cm³/mol. The Bertz CT molecular complexity index is 288.